The lowest BCUT2D eigenvalue weighted by Crippen LogP contribution is -2.57. The Morgan fingerprint density at radius 2 is 1.57 bits per heavy atom. The molecule has 9 heteroatoms. The Bertz CT molecular complexity index is 1050. The third kappa shape index (κ3) is 9.10. The van der Waals surface area contributed by atoms with Crippen LogP contribution in [-0.4, -0.2) is 60.9 Å². The third-order valence-electron chi connectivity index (χ3n) is 5.94. The van der Waals surface area contributed by atoms with Crippen LogP contribution in [0.5, 0.6) is 0 Å². The molecule has 9 nitrogen and oxygen atoms in total. The standard InChI is InChI=1S/C28H41N3O6/c1-7-29-27(34)24(28(4,5)6)30-25(32)22(23(26(33)31-35)37-15-14-36-18(2)3)17-19-12-13-20-10-8-9-11-21(20)16-19/h8-13,16,18,22-24,35H,7,14-15,17H2,1-6H3,(H,29,34)(H,30,32)(H,31,33)/t22-,23+,24-/m1/s1. The molecule has 2 rings (SSSR count). The molecule has 0 fully saturated rings. The van der Waals surface area contributed by atoms with E-state index in [4.69, 9.17) is 9.47 Å². The van der Waals surface area contributed by atoms with Crippen LogP contribution in [0.25, 0.3) is 10.8 Å². The number of hydrogen-bond donors (Lipinski definition) is 4. The summed E-state index contributed by atoms with van der Waals surface area (Å²) in [7, 11) is 0. The van der Waals surface area contributed by atoms with E-state index in [0.29, 0.717) is 6.54 Å². The first-order valence-electron chi connectivity index (χ1n) is 12.7. The highest BCUT2D eigenvalue weighted by atomic mass is 16.5. The van der Waals surface area contributed by atoms with Crippen molar-refractivity contribution in [2.75, 3.05) is 19.8 Å². The summed E-state index contributed by atoms with van der Waals surface area (Å²) in [6.07, 6.45) is -1.20. The van der Waals surface area contributed by atoms with E-state index in [1.807, 2.05) is 77.1 Å². The Hall–Kier alpha value is -3.01. The van der Waals surface area contributed by atoms with Gasteiger partial charge in [-0.15, -0.1) is 0 Å². The average Bonchev–Trinajstić information content (AvgIpc) is 2.84. The van der Waals surface area contributed by atoms with Crippen LogP contribution in [0.15, 0.2) is 42.5 Å². The maximum atomic E-state index is 13.7. The zero-order valence-corrected chi connectivity index (χ0v) is 22.7. The molecule has 3 atom stereocenters. The number of benzene rings is 2. The first kappa shape index (κ1) is 30.2. The first-order valence-corrected chi connectivity index (χ1v) is 12.7. The second-order valence-corrected chi connectivity index (χ2v) is 10.4. The van der Waals surface area contributed by atoms with E-state index in [2.05, 4.69) is 10.6 Å². The molecular formula is C28H41N3O6. The summed E-state index contributed by atoms with van der Waals surface area (Å²) in [6.45, 7) is 11.8. The van der Waals surface area contributed by atoms with Gasteiger partial charge in [-0.05, 0) is 48.9 Å². The van der Waals surface area contributed by atoms with Crippen molar-refractivity contribution < 1.29 is 29.1 Å². The molecule has 0 aromatic heterocycles. The van der Waals surface area contributed by atoms with Gasteiger partial charge >= 0.3 is 0 Å². The molecule has 0 radical (unpaired) electrons. The molecule has 0 aliphatic rings. The van der Waals surface area contributed by atoms with Gasteiger partial charge in [-0.25, -0.2) is 5.48 Å². The molecule has 0 aliphatic heterocycles. The number of nitrogens with one attached hydrogen (secondary N) is 3. The molecule has 3 amide bonds. The number of likely N-dealkylation sites (N-methyl/N-ethyl adjacent to an activating group) is 1. The summed E-state index contributed by atoms with van der Waals surface area (Å²) < 4.78 is 11.3. The quantitative estimate of drug-likeness (QED) is 0.185. The highest BCUT2D eigenvalue weighted by molar-refractivity contribution is 5.93. The molecule has 2 aromatic carbocycles. The van der Waals surface area contributed by atoms with Gasteiger partial charge in [-0.1, -0.05) is 63.2 Å². The van der Waals surface area contributed by atoms with Gasteiger partial charge in [0.2, 0.25) is 11.8 Å². The molecule has 0 spiro atoms. The molecule has 0 heterocycles. The van der Waals surface area contributed by atoms with Gasteiger partial charge < -0.3 is 20.1 Å². The van der Waals surface area contributed by atoms with E-state index >= 15 is 0 Å². The SMILES string of the molecule is CCNC(=O)[C@@H](NC(=O)[C@H](Cc1ccc2ccccc2c1)[C@H](OCCOC(C)C)C(=O)NO)C(C)(C)C. The van der Waals surface area contributed by atoms with E-state index in [0.717, 1.165) is 16.3 Å². The molecule has 37 heavy (non-hydrogen) atoms. The van der Waals surface area contributed by atoms with Gasteiger partial charge in [0.1, 0.15) is 12.1 Å². The number of amides is 3. The number of fused-ring (bicyclic) bond motifs is 1. The summed E-state index contributed by atoms with van der Waals surface area (Å²) in [6, 6.07) is 12.8. The van der Waals surface area contributed by atoms with E-state index in [9.17, 15) is 19.6 Å². The minimum Gasteiger partial charge on any atom is -0.376 e. The number of carbonyl (C=O) groups excluding carboxylic acids is 3. The van der Waals surface area contributed by atoms with Crippen LogP contribution in [0, 0.1) is 11.3 Å². The van der Waals surface area contributed by atoms with Gasteiger partial charge in [0, 0.05) is 6.54 Å². The Balaban J connectivity index is 2.41. The topological polar surface area (TPSA) is 126 Å². The summed E-state index contributed by atoms with van der Waals surface area (Å²) >= 11 is 0. The maximum absolute atomic E-state index is 13.7. The molecule has 204 valence electrons. The van der Waals surface area contributed by atoms with Crippen molar-refractivity contribution in [3.05, 3.63) is 48.0 Å². The van der Waals surface area contributed by atoms with Crippen molar-refractivity contribution in [2.45, 2.75) is 66.2 Å². The van der Waals surface area contributed by atoms with Crippen LogP contribution in [-0.2, 0) is 30.3 Å². The van der Waals surface area contributed by atoms with Gasteiger partial charge in [-0.3, -0.25) is 19.6 Å². The largest absolute Gasteiger partial charge is 0.376 e. The predicted molar refractivity (Wildman–Crippen MR) is 142 cm³/mol. The fourth-order valence-corrected chi connectivity index (χ4v) is 4.05. The second-order valence-electron chi connectivity index (χ2n) is 10.4. The number of carbonyl (C=O) groups is 3. The van der Waals surface area contributed by atoms with E-state index in [1.54, 1.807) is 12.4 Å². The summed E-state index contributed by atoms with van der Waals surface area (Å²) in [5.74, 6) is -2.73. The highest BCUT2D eigenvalue weighted by Gasteiger charge is 2.39. The molecule has 0 aliphatic carbocycles. The lowest BCUT2D eigenvalue weighted by atomic mass is 9.84. The number of rotatable bonds is 13. The second kappa shape index (κ2) is 14.1. The van der Waals surface area contributed by atoms with Crippen molar-refractivity contribution in [2.24, 2.45) is 11.3 Å². The van der Waals surface area contributed by atoms with Gasteiger partial charge in [0.05, 0.1) is 25.2 Å². The smallest absolute Gasteiger partial charge is 0.273 e. The van der Waals surface area contributed by atoms with Crippen molar-refractivity contribution in [1.82, 2.24) is 16.1 Å². The van der Waals surface area contributed by atoms with E-state index in [1.165, 1.54) is 0 Å². The third-order valence-corrected chi connectivity index (χ3v) is 5.94. The zero-order valence-electron chi connectivity index (χ0n) is 22.7. The van der Waals surface area contributed by atoms with Crippen LogP contribution in [0.3, 0.4) is 0 Å². The first-order chi connectivity index (χ1) is 17.5. The molecule has 0 bridgehead atoms. The summed E-state index contributed by atoms with van der Waals surface area (Å²) in [4.78, 5) is 39.2. The minimum atomic E-state index is -1.32. The Morgan fingerprint density at radius 1 is 0.919 bits per heavy atom. The van der Waals surface area contributed by atoms with Gasteiger partial charge in [0.25, 0.3) is 5.91 Å². The normalized spacial score (nSPS) is 14.2. The predicted octanol–water partition coefficient (Wildman–Crippen LogP) is 2.98. The van der Waals surface area contributed by atoms with Crippen LogP contribution < -0.4 is 16.1 Å². The number of hydrogen-bond acceptors (Lipinski definition) is 6. The minimum absolute atomic E-state index is 0.0324. The molecule has 0 saturated carbocycles. The molecular weight excluding hydrogens is 474 g/mol. The fourth-order valence-electron chi connectivity index (χ4n) is 4.05. The van der Waals surface area contributed by atoms with Crippen molar-refractivity contribution in [1.29, 1.82) is 0 Å². The highest BCUT2D eigenvalue weighted by Crippen LogP contribution is 2.24. The van der Waals surface area contributed by atoms with Crippen LogP contribution in [0.2, 0.25) is 0 Å². The molecule has 4 N–H and O–H groups in total. The lowest BCUT2D eigenvalue weighted by molar-refractivity contribution is -0.153. The van der Waals surface area contributed by atoms with E-state index in [-0.39, 0.29) is 31.6 Å². The van der Waals surface area contributed by atoms with Gasteiger partial charge in [0.15, 0.2) is 0 Å². The van der Waals surface area contributed by atoms with Crippen molar-refractivity contribution >= 4 is 28.5 Å². The Labute approximate surface area is 219 Å². The van der Waals surface area contributed by atoms with Gasteiger partial charge in [-0.2, -0.15) is 0 Å². The fraction of sp³-hybridized carbons (Fsp3) is 0.536. The van der Waals surface area contributed by atoms with E-state index < -0.39 is 35.3 Å². The number of ether oxygens (including phenoxy) is 2. The van der Waals surface area contributed by atoms with Crippen molar-refractivity contribution in [3.8, 4) is 0 Å². The Morgan fingerprint density at radius 3 is 2.16 bits per heavy atom. The zero-order chi connectivity index (χ0) is 27.6. The molecule has 2 aromatic rings. The average molecular weight is 516 g/mol. The van der Waals surface area contributed by atoms with Crippen LogP contribution in [0.4, 0.5) is 0 Å². The van der Waals surface area contributed by atoms with Crippen molar-refractivity contribution in [3.63, 3.8) is 0 Å². The molecule has 0 unspecified atom stereocenters. The van der Waals surface area contributed by atoms with Crippen LogP contribution in [0.1, 0.15) is 47.1 Å². The maximum Gasteiger partial charge on any atom is 0.273 e. The number of hydroxylamine groups is 1. The monoisotopic (exact) mass is 515 g/mol. The van der Waals surface area contributed by atoms with Crippen LogP contribution >= 0.6 is 0 Å². The summed E-state index contributed by atoms with van der Waals surface area (Å²) in [5, 5.41) is 17.1. The lowest BCUT2D eigenvalue weighted by Gasteiger charge is -2.33. The summed E-state index contributed by atoms with van der Waals surface area (Å²) in [5.41, 5.74) is 1.84. The molecule has 0 saturated heterocycles. The Kier molecular flexibility index (Phi) is 11.5.